The van der Waals surface area contributed by atoms with Crippen molar-refractivity contribution in [2.75, 3.05) is 11.9 Å². The number of para-hydroxylation sites is 1. The lowest BCUT2D eigenvalue weighted by Gasteiger charge is -2.11. The van der Waals surface area contributed by atoms with Gasteiger partial charge in [-0.15, -0.1) is 0 Å². The van der Waals surface area contributed by atoms with Crippen LogP contribution in [0.2, 0.25) is 0 Å². The summed E-state index contributed by atoms with van der Waals surface area (Å²) in [7, 11) is 0. The summed E-state index contributed by atoms with van der Waals surface area (Å²) in [5.74, 6) is -1.83. The second kappa shape index (κ2) is 7.55. The Bertz CT molecular complexity index is 759. The van der Waals surface area contributed by atoms with E-state index in [1.54, 1.807) is 24.3 Å². The van der Waals surface area contributed by atoms with Gasteiger partial charge in [0.15, 0.2) is 0 Å². The number of ketones is 1. The van der Waals surface area contributed by atoms with Crippen LogP contribution >= 0.6 is 0 Å². The lowest BCUT2D eigenvalue weighted by Crippen LogP contribution is -2.37. The van der Waals surface area contributed by atoms with Crippen molar-refractivity contribution in [3.63, 3.8) is 0 Å². The molecule has 0 bridgehead atoms. The zero-order chi connectivity index (χ0) is 17.7. The van der Waals surface area contributed by atoms with Gasteiger partial charge in [0.1, 0.15) is 0 Å². The van der Waals surface area contributed by atoms with E-state index in [1.807, 2.05) is 39.0 Å². The molecule has 0 aliphatic carbocycles. The molecule has 0 saturated heterocycles. The van der Waals surface area contributed by atoms with Crippen LogP contribution in [-0.2, 0) is 9.59 Å². The van der Waals surface area contributed by atoms with Crippen LogP contribution in [0.3, 0.4) is 0 Å². The summed E-state index contributed by atoms with van der Waals surface area (Å²) >= 11 is 0. The molecule has 5 heteroatoms. The van der Waals surface area contributed by atoms with Gasteiger partial charge in [0.25, 0.3) is 5.91 Å². The van der Waals surface area contributed by atoms with Gasteiger partial charge in [0.05, 0.1) is 6.54 Å². The Morgan fingerprint density at radius 1 is 0.875 bits per heavy atom. The van der Waals surface area contributed by atoms with Crippen LogP contribution in [-0.4, -0.2) is 24.1 Å². The van der Waals surface area contributed by atoms with Crippen molar-refractivity contribution in [2.24, 2.45) is 0 Å². The molecule has 0 spiro atoms. The molecule has 2 aromatic rings. The number of nitrogens with one attached hydrogen (secondary N) is 2. The minimum atomic E-state index is -0.796. The average molecular weight is 324 g/mol. The van der Waals surface area contributed by atoms with E-state index in [9.17, 15) is 14.4 Å². The Hall–Kier alpha value is -2.95. The molecule has 0 aliphatic rings. The first kappa shape index (κ1) is 17.4. The summed E-state index contributed by atoms with van der Waals surface area (Å²) in [5, 5.41) is 5.11. The fourth-order valence-electron chi connectivity index (χ4n) is 2.27. The van der Waals surface area contributed by atoms with Crippen LogP contribution in [0.4, 0.5) is 5.69 Å². The molecule has 2 aromatic carbocycles. The van der Waals surface area contributed by atoms with Crippen molar-refractivity contribution >= 4 is 23.3 Å². The highest BCUT2D eigenvalue weighted by Crippen LogP contribution is 2.18. The summed E-state index contributed by atoms with van der Waals surface area (Å²) in [5.41, 5.74) is 3.89. The predicted octanol–water partition coefficient (Wildman–Crippen LogP) is 2.55. The van der Waals surface area contributed by atoms with Gasteiger partial charge in [-0.05, 0) is 31.9 Å². The van der Waals surface area contributed by atoms with Crippen LogP contribution in [0.5, 0.6) is 0 Å². The summed E-state index contributed by atoms with van der Waals surface area (Å²) in [6.07, 6.45) is 0. The Morgan fingerprint density at radius 3 is 2.04 bits per heavy atom. The lowest BCUT2D eigenvalue weighted by molar-refractivity contribution is -0.121. The van der Waals surface area contributed by atoms with Crippen LogP contribution < -0.4 is 10.6 Å². The zero-order valence-corrected chi connectivity index (χ0v) is 14.0. The number of carbonyl (C=O) groups is 3. The number of benzene rings is 2. The van der Waals surface area contributed by atoms with Crippen molar-refractivity contribution in [3.8, 4) is 0 Å². The fourth-order valence-corrected chi connectivity index (χ4v) is 2.27. The van der Waals surface area contributed by atoms with Crippen LogP contribution in [0.1, 0.15) is 27.0 Å². The molecule has 0 aromatic heterocycles. The highest BCUT2D eigenvalue weighted by Gasteiger charge is 2.17. The number of Topliss-reactive ketones (excluding diaryl/α,β-unsaturated/α-hetero) is 1. The number of aryl methyl sites for hydroxylation is 3. The number of rotatable bonds is 5. The predicted molar refractivity (Wildman–Crippen MR) is 93.1 cm³/mol. The summed E-state index contributed by atoms with van der Waals surface area (Å²) in [6, 6.07) is 12.4. The molecule has 5 nitrogen and oxygen atoms in total. The minimum absolute atomic E-state index is 0.260. The molecule has 2 rings (SSSR count). The Kier molecular flexibility index (Phi) is 5.47. The van der Waals surface area contributed by atoms with E-state index in [4.69, 9.17) is 0 Å². The van der Waals surface area contributed by atoms with Gasteiger partial charge in [-0.2, -0.15) is 0 Å². The molecule has 0 aliphatic heterocycles. The van der Waals surface area contributed by atoms with E-state index in [1.165, 1.54) is 0 Å². The van der Waals surface area contributed by atoms with E-state index in [-0.39, 0.29) is 12.5 Å². The third-order valence-electron chi connectivity index (χ3n) is 3.68. The van der Waals surface area contributed by atoms with Gasteiger partial charge >= 0.3 is 0 Å². The third-order valence-corrected chi connectivity index (χ3v) is 3.68. The molecule has 0 fully saturated rings. The largest absolute Gasteiger partial charge is 0.340 e. The Morgan fingerprint density at radius 2 is 1.46 bits per heavy atom. The zero-order valence-electron chi connectivity index (χ0n) is 14.0. The maximum absolute atomic E-state index is 12.0. The van der Waals surface area contributed by atoms with Crippen LogP contribution in [0.25, 0.3) is 0 Å². The first-order valence-electron chi connectivity index (χ1n) is 7.63. The van der Waals surface area contributed by atoms with Gasteiger partial charge in [-0.1, -0.05) is 48.0 Å². The highest BCUT2D eigenvalue weighted by atomic mass is 16.2. The van der Waals surface area contributed by atoms with Crippen molar-refractivity contribution in [2.45, 2.75) is 20.8 Å². The Labute approximate surface area is 141 Å². The van der Waals surface area contributed by atoms with Gasteiger partial charge in [0, 0.05) is 11.3 Å². The minimum Gasteiger partial charge on any atom is -0.340 e. The molecule has 2 N–H and O–H groups in total. The van der Waals surface area contributed by atoms with Crippen molar-refractivity contribution in [1.29, 1.82) is 0 Å². The fraction of sp³-hybridized carbons (Fsp3) is 0.211. The normalized spacial score (nSPS) is 10.1. The maximum atomic E-state index is 12.0. The second-order valence-corrected chi connectivity index (χ2v) is 5.69. The SMILES string of the molecule is Cc1ccc(C(=O)C(=O)NCC(=O)Nc2c(C)cccc2C)cc1. The molecule has 0 atom stereocenters. The number of amides is 2. The van der Waals surface area contributed by atoms with Crippen LogP contribution in [0, 0.1) is 20.8 Å². The van der Waals surface area contributed by atoms with E-state index in [0.717, 1.165) is 22.4 Å². The van der Waals surface area contributed by atoms with Gasteiger partial charge in [-0.3, -0.25) is 14.4 Å². The molecule has 0 unspecified atom stereocenters. The standard InChI is InChI=1S/C19H20N2O3/c1-12-7-9-15(10-8-12)18(23)19(24)20-11-16(22)21-17-13(2)5-4-6-14(17)3/h4-10H,11H2,1-3H3,(H,20,24)(H,21,22). The molecular formula is C19H20N2O3. The first-order chi connectivity index (χ1) is 11.4. The van der Waals surface area contributed by atoms with E-state index in [2.05, 4.69) is 10.6 Å². The molecular weight excluding hydrogens is 304 g/mol. The first-order valence-corrected chi connectivity index (χ1v) is 7.63. The smallest absolute Gasteiger partial charge is 0.292 e. The van der Waals surface area contributed by atoms with E-state index >= 15 is 0 Å². The van der Waals surface area contributed by atoms with Crippen LogP contribution in [0.15, 0.2) is 42.5 Å². The van der Waals surface area contributed by atoms with Crippen molar-refractivity contribution in [1.82, 2.24) is 5.32 Å². The topological polar surface area (TPSA) is 75.3 Å². The highest BCUT2D eigenvalue weighted by molar-refractivity contribution is 6.43. The van der Waals surface area contributed by atoms with Gasteiger partial charge < -0.3 is 10.6 Å². The average Bonchev–Trinajstić information content (AvgIpc) is 2.56. The van der Waals surface area contributed by atoms with Crippen molar-refractivity contribution in [3.05, 3.63) is 64.7 Å². The molecule has 2 amide bonds. The second-order valence-electron chi connectivity index (χ2n) is 5.69. The Balaban J connectivity index is 1.92. The summed E-state index contributed by atoms with van der Waals surface area (Å²) in [4.78, 5) is 35.9. The third kappa shape index (κ3) is 4.29. The molecule has 0 heterocycles. The molecule has 24 heavy (non-hydrogen) atoms. The van der Waals surface area contributed by atoms with E-state index in [0.29, 0.717) is 5.56 Å². The number of anilines is 1. The summed E-state index contributed by atoms with van der Waals surface area (Å²) < 4.78 is 0. The van der Waals surface area contributed by atoms with Crippen molar-refractivity contribution < 1.29 is 14.4 Å². The molecule has 124 valence electrons. The number of hydrogen-bond donors (Lipinski definition) is 2. The lowest BCUT2D eigenvalue weighted by atomic mass is 10.1. The van der Waals surface area contributed by atoms with E-state index < -0.39 is 11.7 Å². The number of carbonyl (C=O) groups excluding carboxylic acids is 3. The van der Waals surface area contributed by atoms with Gasteiger partial charge in [-0.25, -0.2) is 0 Å². The monoisotopic (exact) mass is 324 g/mol. The molecule has 0 radical (unpaired) electrons. The summed E-state index contributed by atoms with van der Waals surface area (Å²) in [6.45, 7) is 5.42. The number of hydrogen-bond acceptors (Lipinski definition) is 3. The van der Waals surface area contributed by atoms with Gasteiger partial charge in [0.2, 0.25) is 11.7 Å². The maximum Gasteiger partial charge on any atom is 0.292 e. The quantitative estimate of drug-likeness (QED) is 0.655. The molecule has 0 saturated carbocycles.